The monoisotopic (exact) mass is 198 g/mol. The molecule has 0 radical (unpaired) electrons. The van der Waals surface area contributed by atoms with Crippen LogP contribution in [0, 0.1) is 0 Å². The molecule has 0 aliphatic rings. The van der Waals surface area contributed by atoms with E-state index in [4.69, 9.17) is 5.73 Å². The summed E-state index contributed by atoms with van der Waals surface area (Å²) < 4.78 is 34.9. The second-order valence-corrected chi connectivity index (χ2v) is 2.96. The molecule has 0 bridgehead atoms. The van der Waals surface area contributed by atoms with E-state index >= 15 is 0 Å². The van der Waals surface area contributed by atoms with Gasteiger partial charge in [0.25, 0.3) is 0 Å². The summed E-state index contributed by atoms with van der Waals surface area (Å²) in [6.45, 7) is 1.32. The Hall–Kier alpha value is -0.290. The van der Waals surface area contributed by atoms with E-state index < -0.39 is 12.6 Å². The summed E-state index contributed by atoms with van der Waals surface area (Å²) in [5, 5.41) is 2.74. The van der Waals surface area contributed by atoms with Gasteiger partial charge in [0.2, 0.25) is 0 Å². The van der Waals surface area contributed by atoms with E-state index in [1.165, 1.54) is 0 Å². The molecule has 0 heterocycles. The Morgan fingerprint density at radius 3 is 2.23 bits per heavy atom. The number of rotatable bonds is 7. The molecule has 2 nitrogen and oxygen atoms in total. The molecule has 0 spiro atoms. The SMILES string of the molecule is NCCCCCNCCC(F)(F)F. The van der Waals surface area contributed by atoms with Crippen LogP contribution >= 0.6 is 0 Å². The lowest BCUT2D eigenvalue weighted by Gasteiger charge is -2.07. The zero-order chi connectivity index (χ0) is 10.2. The highest BCUT2D eigenvalue weighted by Gasteiger charge is 2.25. The first-order valence-corrected chi connectivity index (χ1v) is 4.54. The molecule has 0 unspecified atom stereocenters. The van der Waals surface area contributed by atoms with Gasteiger partial charge >= 0.3 is 6.18 Å². The predicted octanol–water partition coefficient (Wildman–Crippen LogP) is 1.66. The number of nitrogens with two attached hydrogens (primary N) is 1. The molecule has 80 valence electrons. The Morgan fingerprint density at radius 1 is 1.00 bits per heavy atom. The quantitative estimate of drug-likeness (QED) is 0.610. The maximum absolute atomic E-state index is 11.6. The first kappa shape index (κ1) is 12.7. The second kappa shape index (κ2) is 7.15. The van der Waals surface area contributed by atoms with Crippen molar-refractivity contribution in [3.05, 3.63) is 0 Å². The van der Waals surface area contributed by atoms with Crippen molar-refractivity contribution >= 4 is 0 Å². The van der Waals surface area contributed by atoms with Crippen LogP contribution in [0.25, 0.3) is 0 Å². The normalized spacial score (nSPS) is 12.0. The summed E-state index contributed by atoms with van der Waals surface area (Å²) in [6, 6.07) is 0. The zero-order valence-electron chi connectivity index (χ0n) is 7.66. The number of unbranched alkanes of at least 4 members (excludes halogenated alkanes) is 2. The molecule has 0 amide bonds. The minimum Gasteiger partial charge on any atom is -0.330 e. The fourth-order valence-electron chi connectivity index (χ4n) is 0.926. The smallest absolute Gasteiger partial charge is 0.330 e. The van der Waals surface area contributed by atoms with Gasteiger partial charge in [0.05, 0.1) is 6.42 Å². The third-order valence-corrected chi connectivity index (χ3v) is 1.64. The first-order chi connectivity index (χ1) is 6.06. The lowest BCUT2D eigenvalue weighted by Crippen LogP contribution is -2.22. The Balaban J connectivity index is 3.00. The van der Waals surface area contributed by atoms with Crippen LogP contribution in [0.4, 0.5) is 13.2 Å². The van der Waals surface area contributed by atoms with E-state index in [2.05, 4.69) is 5.32 Å². The number of alkyl halides is 3. The van der Waals surface area contributed by atoms with E-state index in [1.807, 2.05) is 0 Å². The van der Waals surface area contributed by atoms with Crippen LogP contribution in [-0.4, -0.2) is 25.8 Å². The van der Waals surface area contributed by atoms with Crippen LogP contribution in [0.5, 0.6) is 0 Å². The largest absolute Gasteiger partial charge is 0.390 e. The summed E-state index contributed by atoms with van der Waals surface area (Å²) >= 11 is 0. The third-order valence-electron chi connectivity index (χ3n) is 1.64. The summed E-state index contributed by atoms with van der Waals surface area (Å²) in [7, 11) is 0. The molecule has 0 saturated heterocycles. The summed E-state index contributed by atoms with van der Waals surface area (Å²) in [6.07, 6.45) is -1.96. The van der Waals surface area contributed by atoms with E-state index in [-0.39, 0.29) is 6.54 Å². The van der Waals surface area contributed by atoms with E-state index in [0.717, 1.165) is 19.3 Å². The molecule has 5 heteroatoms. The molecule has 0 aromatic rings. The van der Waals surface area contributed by atoms with Gasteiger partial charge in [-0.3, -0.25) is 0 Å². The van der Waals surface area contributed by atoms with Crippen molar-refractivity contribution in [3.8, 4) is 0 Å². The topological polar surface area (TPSA) is 38.0 Å². The van der Waals surface area contributed by atoms with Gasteiger partial charge in [-0.25, -0.2) is 0 Å². The molecule has 0 rings (SSSR count). The van der Waals surface area contributed by atoms with Gasteiger partial charge in [0, 0.05) is 6.54 Å². The standard InChI is InChI=1S/C8H17F3N2/c9-8(10,11)4-7-13-6-3-1-2-5-12/h13H,1-7,12H2. The van der Waals surface area contributed by atoms with Crippen LogP contribution in [0.2, 0.25) is 0 Å². The summed E-state index contributed by atoms with van der Waals surface area (Å²) in [5.74, 6) is 0. The van der Waals surface area contributed by atoms with Gasteiger partial charge in [-0.05, 0) is 25.9 Å². The zero-order valence-corrected chi connectivity index (χ0v) is 7.66. The predicted molar refractivity (Wildman–Crippen MR) is 46.4 cm³/mol. The van der Waals surface area contributed by atoms with Gasteiger partial charge < -0.3 is 11.1 Å². The second-order valence-electron chi connectivity index (χ2n) is 2.96. The number of nitrogens with one attached hydrogen (secondary N) is 1. The molecule has 0 aromatic carbocycles. The first-order valence-electron chi connectivity index (χ1n) is 4.54. The van der Waals surface area contributed by atoms with Gasteiger partial charge in [-0.2, -0.15) is 13.2 Å². The van der Waals surface area contributed by atoms with Crippen LogP contribution in [-0.2, 0) is 0 Å². The van der Waals surface area contributed by atoms with Crippen molar-refractivity contribution in [2.45, 2.75) is 31.9 Å². The lowest BCUT2D eigenvalue weighted by atomic mass is 10.2. The lowest BCUT2D eigenvalue weighted by molar-refractivity contribution is -0.133. The maximum Gasteiger partial charge on any atom is 0.390 e. The van der Waals surface area contributed by atoms with Gasteiger partial charge in [0.15, 0.2) is 0 Å². The minimum absolute atomic E-state index is 0.0200. The Kier molecular flexibility index (Phi) is 6.99. The molecule has 0 aromatic heterocycles. The highest BCUT2D eigenvalue weighted by Crippen LogP contribution is 2.17. The van der Waals surface area contributed by atoms with Gasteiger partial charge in [-0.1, -0.05) is 6.42 Å². The van der Waals surface area contributed by atoms with Crippen molar-refractivity contribution in [1.82, 2.24) is 5.32 Å². The van der Waals surface area contributed by atoms with Crippen LogP contribution in [0.1, 0.15) is 25.7 Å². The molecule has 0 aliphatic heterocycles. The number of hydrogen-bond donors (Lipinski definition) is 2. The highest BCUT2D eigenvalue weighted by atomic mass is 19.4. The van der Waals surface area contributed by atoms with E-state index in [1.54, 1.807) is 0 Å². The molecule has 0 fully saturated rings. The molecular formula is C8H17F3N2. The minimum atomic E-state index is -4.04. The van der Waals surface area contributed by atoms with Crippen molar-refractivity contribution in [3.63, 3.8) is 0 Å². The fourth-order valence-corrected chi connectivity index (χ4v) is 0.926. The number of hydrogen-bond acceptors (Lipinski definition) is 2. The molecular weight excluding hydrogens is 181 g/mol. The molecule has 0 saturated carbocycles. The van der Waals surface area contributed by atoms with E-state index in [9.17, 15) is 13.2 Å². The molecule has 0 aliphatic carbocycles. The van der Waals surface area contributed by atoms with Crippen LogP contribution in [0.15, 0.2) is 0 Å². The average Bonchev–Trinajstić information content (AvgIpc) is 2.01. The number of halogens is 3. The highest BCUT2D eigenvalue weighted by molar-refractivity contribution is 4.54. The Bertz CT molecular complexity index is 114. The molecule has 0 atom stereocenters. The molecule has 3 N–H and O–H groups in total. The van der Waals surface area contributed by atoms with Gasteiger partial charge in [-0.15, -0.1) is 0 Å². The Morgan fingerprint density at radius 2 is 1.69 bits per heavy atom. The van der Waals surface area contributed by atoms with E-state index in [0.29, 0.717) is 13.1 Å². The summed E-state index contributed by atoms with van der Waals surface area (Å²) in [5.41, 5.74) is 5.26. The van der Waals surface area contributed by atoms with Crippen molar-refractivity contribution in [2.75, 3.05) is 19.6 Å². The van der Waals surface area contributed by atoms with Crippen molar-refractivity contribution in [2.24, 2.45) is 5.73 Å². The van der Waals surface area contributed by atoms with Gasteiger partial charge in [0.1, 0.15) is 0 Å². The maximum atomic E-state index is 11.6. The van der Waals surface area contributed by atoms with Crippen LogP contribution in [0.3, 0.4) is 0 Å². The third kappa shape index (κ3) is 11.7. The summed E-state index contributed by atoms with van der Waals surface area (Å²) in [4.78, 5) is 0. The Labute approximate surface area is 76.7 Å². The van der Waals surface area contributed by atoms with Crippen LogP contribution < -0.4 is 11.1 Å². The van der Waals surface area contributed by atoms with Crippen molar-refractivity contribution in [1.29, 1.82) is 0 Å². The van der Waals surface area contributed by atoms with Crippen molar-refractivity contribution < 1.29 is 13.2 Å². The fraction of sp³-hybridized carbons (Fsp3) is 1.00. The average molecular weight is 198 g/mol. The molecule has 13 heavy (non-hydrogen) atoms.